The number of carbonyl (C=O) groups excluding carboxylic acids is 2. The summed E-state index contributed by atoms with van der Waals surface area (Å²) < 4.78 is 34.0. The zero-order chi connectivity index (χ0) is 22.1. The van der Waals surface area contributed by atoms with Crippen molar-refractivity contribution in [2.45, 2.75) is 65.7 Å². The lowest BCUT2D eigenvalue weighted by Crippen LogP contribution is -2.10. The lowest BCUT2D eigenvalue weighted by molar-refractivity contribution is -0.140. The molecule has 0 aromatic carbocycles. The van der Waals surface area contributed by atoms with E-state index in [2.05, 4.69) is 20.1 Å². The normalized spacial score (nSPS) is 11.1. The third-order valence-electron chi connectivity index (χ3n) is 3.85. The van der Waals surface area contributed by atoms with Crippen LogP contribution >= 0.6 is 7.60 Å². The first-order valence-electron chi connectivity index (χ1n) is 10.2. The Kier molecular flexibility index (Phi) is 15.6. The number of ether oxygens (including phenoxy) is 2. The maximum atomic E-state index is 13.0. The minimum absolute atomic E-state index is 0.166. The minimum Gasteiger partial charge on any atom is -0.462 e. The molecule has 0 heterocycles. The van der Waals surface area contributed by atoms with Crippen LogP contribution in [0.5, 0.6) is 0 Å². The van der Waals surface area contributed by atoms with Gasteiger partial charge >= 0.3 is 19.5 Å². The van der Waals surface area contributed by atoms with Gasteiger partial charge in [0.25, 0.3) is 0 Å². The van der Waals surface area contributed by atoms with Gasteiger partial charge in [-0.25, -0.2) is 9.59 Å². The van der Waals surface area contributed by atoms with E-state index in [9.17, 15) is 14.2 Å². The molecule has 0 saturated heterocycles. The molecule has 0 bridgehead atoms. The predicted molar refractivity (Wildman–Crippen MR) is 114 cm³/mol. The van der Waals surface area contributed by atoms with Gasteiger partial charge in [0.1, 0.15) is 0 Å². The SMILES string of the molecule is C=C(C)C(=O)OCCCOP(=O)(CCCCCCC)OCCCOC(=O)C(=C)C. The Labute approximate surface area is 175 Å². The number of hydrogen-bond donors (Lipinski definition) is 0. The third kappa shape index (κ3) is 15.1. The molecule has 8 heteroatoms. The summed E-state index contributed by atoms with van der Waals surface area (Å²) >= 11 is 0. The van der Waals surface area contributed by atoms with Crippen LogP contribution in [0.3, 0.4) is 0 Å². The van der Waals surface area contributed by atoms with Crippen LogP contribution < -0.4 is 0 Å². The molecule has 7 nitrogen and oxygen atoms in total. The van der Waals surface area contributed by atoms with Crippen LogP contribution in [-0.4, -0.2) is 44.5 Å². The number of carbonyl (C=O) groups is 2. The highest BCUT2D eigenvalue weighted by atomic mass is 31.2. The van der Waals surface area contributed by atoms with Gasteiger partial charge in [-0.05, 0) is 20.3 Å². The molecule has 0 aliphatic carbocycles. The maximum Gasteiger partial charge on any atom is 0.333 e. The number of hydrogen-bond acceptors (Lipinski definition) is 7. The summed E-state index contributed by atoms with van der Waals surface area (Å²) in [5.41, 5.74) is 0.665. The fourth-order valence-electron chi connectivity index (χ4n) is 2.18. The molecule has 0 unspecified atom stereocenters. The molecule has 168 valence electrons. The number of esters is 2. The molecule has 0 amide bonds. The molecule has 0 saturated carbocycles. The van der Waals surface area contributed by atoms with E-state index in [1.165, 1.54) is 0 Å². The van der Waals surface area contributed by atoms with Crippen molar-refractivity contribution in [2.75, 3.05) is 32.6 Å². The Hall–Kier alpha value is -1.43. The standard InChI is InChI=1S/C21H37O7P/c1-6-7-8-9-10-17-29(24,27-15-11-13-25-20(22)18(2)3)28-16-12-14-26-21(23)19(4)5/h2,4,6-17H2,1,3,5H3. The molecule has 0 rings (SSSR count). The zero-order valence-corrected chi connectivity index (χ0v) is 19.1. The van der Waals surface area contributed by atoms with Gasteiger partial charge in [-0.2, -0.15) is 0 Å². The van der Waals surface area contributed by atoms with Crippen LogP contribution in [0.25, 0.3) is 0 Å². The van der Waals surface area contributed by atoms with Crippen molar-refractivity contribution < 1.29 is 32.7 Å². The smallest absolute Gasteiger partial charge is 0.333 e. The molecule has 29 heavy (non-hydrogen) atoms. The monoisotopic (exact) mass is 432 g/mol. The summed E-state index contributed by atoms with van der Waals surface area (Å²) in [4.78, 5) is 22.7. The third-order valence-corrected chi connectivity index (χ3v) is 5.87. The van der Waals surface area contributed by atoms with Gasteiger partial charge in [0.2, 0.25) is 0 Å². The molecule has 0 spiro atoms. The van der Waals surface area contributed by atoms with Gasteiger partial charge in [0, 0.05) is 24.0 Å². The fraction of sp³-hybridized carbons (Fsp3) is 0.714. The molecule has 0 radical (unpaired) electrons. The summed E-state index contributed by atoms with van der Waals surface area (Å²) in [7, 11) is -3.25. The molecule has 0 N–H and O–H groups in total. The summed E-state index contributed by atoms with van der Waals surface area (Å²) in [6.07, 6.45) is 6.27. The van der Waals surface area contributed by atoms with Crippen molar-refractivity contribution in [2.24, 2.45) is 0 Å². The molecule has 0 aliphatic rings. The van der Waals surface area contributed by atoms with Crippen LogP contribution in [0.4, 0.5) is 0 Å². The quantitative estimate of drug-likeness (QED) is 0.127. The molecule has 0 atom stereocenters. The van der Waals surface area contributed by atoms with E-state index >= 15 is 0 Å². The Balaban J connectivity index is 4.32. The summed E-state index contributed by atoms with van der Waals surface area (Å²) in [6, 6.07) is 0. The van der Waals surface area contributed by atoms with Gasteiger partial charge in [-0.15, -0.1) is 0 Å². The average molecular weight is 432 g/mol. The molecular weight excluding hydrogens is 395 g/mol. The summed E-state index contributed by atoms with van der Waals surface area (Å²) in [5.74, 6) is -0.908. The zero-order valence-electron chi connectivity index (χ0n) is 18.2. The topological polar surface area (TPSA) is 88.1 Å². The minimum atomic E-state index is -3.25. The van der Waals surface area contributed by atoms with Crippen molar-refractivity contribution >= 4 is 19.5 Å². The molecular formula is C21H37O7P. The van der Waals surface area contributed by atoms with E-state index in [-0.39, 0.29) is 26.4 Å². The number of unbranched alkanes of at least 4 members (excludes halogenated alkanes) is 4. The van der Waals surface area contributed by atoms with Gasteiger partial charge in [0.15, 0.2) is 0 Å². The van der Waals surface area contributed by atoms with E-state index < -0.39 is 19.5 Å². The van der Waals surface area contributed by atoms with Crippen LogP contribution in [-0.2, 0) is 32.7 Å². The van der Waals surface area contributed by atoms with E-state index in [1.807, 2.05) is 0 Å². The van der Waals surface area contributed by atoms with Gasteiger partial charge in [-0.3, -0.25) is 4.57 Å². The highest BCUT2D eigenvalue weighted by Crippen LogP contribution is 2.49. The van der Waals surface area contributed by atoms with Crippen LogP contribution in [0, 0.1) is 0 Å². The lowest BCUT2D eigenvalue weighted by atomic mass is 10.2. The average Bonchev–Trinajstić information content (AvgIpc) is 2.66. The second-order valence-corrected chi connectivity index (χ2v) is 9.14. The van der Waals surface area contributed by atoms with Crippen molar-refractivity contribution in [1.82, 2.24) is 0 Å². The second-order valence-electron chi connectivity index (χ2n) is 6.95. The highest BCUT2D eigenvalue weighted by Gasteiger charge is 2.24. The molecule has 0 fully saturated rings. The lowest BCUT2D eigenvalue weighted by Gasteiger charge is -2.19. The van der Waals surface area contributed by atoms with Crippen LogP contribution in [0.15, 0.2) is 24.3 Å². The fourth-order valence-corrected chi connectivity index (χ4v) is 3.93. The van der Waals surface area contributed by atoms with E-state index in [1.54, 1.807) is 13.8 Å². The molecule has 0 aromatic heterocycles. The van der Waals surface area contributed by atoms with Crippen LogP contribution in [0.1, 0.15) is 65.7 Å². The Morgan fingerprint density at radius 1 is 0.724 bits per heavy atom. The van der Waals surface area contributed by atoms with Crippen LogP contribution in [0.2, 0.25) is 0 Å². The van der Waals surface area contributed by atoms with E-state index in [4.69, 9.17) is 18.5 Å². The Morgan fingerprint density at radius 3 is 1.59 bits per heavy atom. The van der Waals surface area contributed by atoms with E-state index in [0.717, 1.165) is 32.1 Å². The Morgan fingerprint density at radius 2 is 1.17 bits per heavy atom. The summed E-state index contributed by atoms with van der Waals surface area (Å²) in [5, 5.41) is 0. The largest absolute Gasteiger partial charge is 0.462 e. The van der Waals surface area contributed by atoms with E-state index in [0.29, 0.717) is 30.1 Å². The summed E-state index contributed by atoms with van der Waals surface area (Å²) in [6.45, 7) is 13.0. The van der Waals surface area contributed by atoms with Gasteiger partial charge < -0.3 is 18.5 Å². The van der Waals surface area contributed by atoms with Gasteiger partial charge in [-0.1, -0.05) is 45.8 Å². The first kappa shape index (κ1) is 27.6. The van der Waals surface area contributed by atoms with Crippen molar-refractivity contribution in [3.05, 3.63) is 24.3 Å². The van der Waals surface area contributed by atoms with Gasteiger partial charge in [0.05, 0.1) is 32.6 Å². The number of rotatable bonds is 18. The van der Waals surface area contributed by atoms with Crippen molar-refractivity contribution in [1.29, 1.82) is 0 Å². The predicted octanol–water partition coefficient (Wildman–Crippen LogP) is 5.20. The Bertz CT molecular complexity index is 531. The maximum absolute atomic E-state index is 13.0. The van der Waals surface area contributed by atoms with Crippen molar-refractivity contribution in [3.8, 4) is 0 Å². The first-order chi connectivity index (χ1) is 13.7. The first-order valence-corrected chi connectivity index (χ1v) is 12.0. The molecule has 0 aromatic rings. The molecule has 0 aliphatic heterocycles. The van der Waals surface area contributed by atoms with Crippen molar-refractivity contribution in [3.63, 3.8) is 0 Å². The second kappa shape index (κ2) is 16.4. The highest BCUT2D eigenvalue weighted by molar-refractivity contribution is 7.53.